The molecule has 0 radical (unpaired) electrons. The van der Waals surface area contributed by atoms with Gasteiger partial charge in [0.25, 0.3) is 6.43 Å². The number of aromatic nitrogens is 1. The zero-order valence-electron chi connectivity index (χ0n) is 7.01. The molecule has 2 rings (SSSR count). The van der Waals surface area contributed by atoms with Gasteiger partial charge in [0.2, 0.25) is 5.89 Å². The Morgan fingerprint density at radius 3 is 2.86 bits per heavy atom. The van der Waals surface area contributed by atoms with Gasteiger partial charge in [-0.05, 0) is 12.1 Å². The van der Waals surface area contributed by atoms with Crippen molar-refractivity contribution in [2.24, 2.45) is 0 Å². The quantitative estimate of drug-likeness (QED) is 0.772. The largest absolute Gasteiger partial charge is 0.440 e. The average molecular weight is 262 g/mol. The van der Waals surface area contributed by atoms with E-state index in [1.165, 1.54) is 18.2 Å². The van der Waals surface area contributed by atoms with Crippen LogP contribution in [0.1, 0.15) is 17.9 Å². The first-order valence-electron chi connectivity index (χ1n) is 3.94. The number of hydrogen-bond acceptors (Lipinski definition) is 2. The van der Waals surface area contributed by atoms with Crippen LogP contribution in [0.4, 0.5) is 8.78 Å². The Balaban J connectivity index is 2.54. The summed E-state index contributed by atoms with van der Waals surface area (Å²) in [4.78, 5) is 4.07. The van der Waals surface area contributed by atoms with Crippen LogP contribution in [0.5, 0.6) is 0 Å². The molecule has 1 aromatic carbocycles. The fourth-order valence-corrected chi connectivity index (χ4v) is 1.42. The van der Waals surface area contributed by atoms with Gasteiger partial charge in [0.05, 0.1) is 5.33 Å². The number of rotatable bonds is 2. The highest BCUT2D eigenvalue weighted by atomic mass is 79.9. The maximum atomic E-state index is 12.3. The number of alkyl halides is 3. The molecule has 0 aliphatic rings. The van der Waals surface area contributed by atoms with Crippen LogP contribution < -0.4 is 0 Å². The summed E-state index contributed by atoms with van der Waals surface area (Å²) in [5.41, 5.74) is 0.955. The lowest BCUT2D eigenvalue weighted by molar-refractivity contribution is 0.151. The lowest BCUT2D eigenvalue weighted by Gasteiger charge is -1.96. The summed E-state index contributed by atoms with van der Waals surface area (Å²) >= 11 is 3.18. The average Bonchev–Trinajstić information content (AvgIpc) is 2.58. The normalized spacial score (nSPS) is 11.4. The van der Waals surface area contributed by atoms with Gasteiger partial charge in [-0.15, -0.1) is 0 Å². The summed E-state index contributed by atoms with van der Waals surface area (Å²) in [6.07, 6.45) is -2.48. The van der Waals surface area contributed by atoms with Gasteiger partial charge in [-0.3, -0.25) is 0 Å². The van der Waals surface area contributed by atoms with Crippen LogP contribution in [-0.2, 0) is 5.33 Å². The van der Waals surface area contributed by atoms with Gasteiger partial charge in [0.15, 0.2) is 5.58 Å². The molecule has 74 valence electrons. The van der Waals surface area contributed by atoms with E-state index in [0.717, 1.165) is 0 Å². The summed E-state index contributed by atoms with van der Waals surface area (Å²) in [5.74, 6) is 0.492. The zero-order chi connectivity index (χ0) is 10.1. The number of oxazole rings is 1. The molecule has 5 heteroatoms. The van der Waals surface area contributed by atoms with Crippen molar-refractivity contribution >= 4 is 27.0 Å². The zero-order valence-corrected chi connectivity index (χ0v) is 8.59. The van der Waals surface area contributed by atoms with Crippen LogP contribution >= 0.6 is 15.9 Å². The molecule has 2 nitrogen and oxygen atoms in total. The first-order chi connectivity index (χ1) is 6.70. The van der Waals surface area contributed by atoms with Crippen LogP contribution in [0.15, 0.2) is 22.6 Å². The second-order valence-corrected chi connectivity index (χ2v) is 3.33. The summed E-state index contributed by atoms with van der Waals surface area (Å²) in [5, 5.41) is 0.478. The highest BCUT2D eigenvalue weighted by molar-refractivity contribution is 9.08. The molecule has 0 saturated heterocycles. The SMILES string of the molecule is FC(F)c1ccc2nc(CBr)oc2c1. The Labute approximate surface area is 87.1 Å². The molecule has 0 N–H and O–H groups in total. The third-order valence-corrected chi connectivity index (χ3v) is 2.30. The second kappa shape index (κ2) is 3.65. The molecule has 1 heterocycles. The Bertz CT molecular complexity index is 455. The molecule has 0 aliphatic heterocycles. The number of halogens is 3. The van der Waals surface area contributed by atoms with Gasteiger partial charge in [-0.2, -0.15) is 0 Å². The van der Waals surface area contributed by atoms with Crippen molar-refractivity contribution < 1.29 is 13.2 Å². The summed E-state index contributed by atoms with van der Waals surface area (Å²) in [6.45, 7) is 0. The molecule has 14 heavy (non-hydrogen) atoms. The molecule has 1 aromatic heterocycles. The Hall–Kier alpha value is -0.970. The molecular formula is C9H6BrF2NO. The number of benzene rings is 1. The summed E-state index contributed by atoms with van der Waals surface area (Å²) < 4.78 is 29.8. The molecule has 0 spiro atoms. The summed E-state index contributed by atoms with van der Waals surface area (Å²) in [6, 6.07) is 4.21. The standard InChI is InChI=1S/C9H6BrF2NO/c10-4-8-13-6-2-1-5(9(11)12)3-7(6)14-8/h1-3,9H,4H2. The fraction of sp³-hybridized carbons (Fsp3) is 0.222. The van der Waals surface area contributed by atoms with E-state index in [1.807, 2.05) is 0 Å². The minimum absolute atomic E-state index is 0.0465. The van der Waals surface area contributed by atoms with E-state index < -0.39 is 6.43 Å². The molecule has 0 amide bonds. The Morgan fingerprint density at radius 1 is 1.43 bits per heavy atom. The highest BCUT2D eigenvalue weighted by Crippen LogP contribution is 2.24. The third kappa shape index (κ3) is 1.64. The Kier molecular flexibility index (Phi) is 2.50. The number of nitrogens with zero attached hydrogens (tertiary/aromatic N) is 1. The van der Waals surface area contributed by atoms with E-state index in [9.17, 15) is 8.78 Å². The van der Waals surface area contributed by atoms with Crippen LogP contribution in [0.25, 0.3) is 11.1 Å². The highest BCUT2D eigenvalue weighted by Gasteiger charge is 2.10. The van der Waals surface area contributed by atoms with Crippen LogP contribution in [0, 0.1) is 0 Å². The molecule has 0 saturated carbocycles. The lowest BCUT2D eigenvalue weighted by atomic mass is 10.2. The van der Waals surface area contributed by atoms with Gasteiger partial charge in [0, 0.05) is 5.56 Å². The number of hydrogen-bond donors (Lipinski definition) is 0. The van der Waals surface area contributed by atoms with Crippen molar-refractivity contribution in [3.8, 4) is 0 Å². The summed E-state index contributed by atoms with van der Waals surface area (Å²) in [7, 11) is 0. The first kappa shape index (κ1) is 9.58. The molecule has 0 fully saturated rings. The van der Waals surface area contributed by atoms with E-state index in [4.69, 9.17) is 4.42 Å². The predicted molar refractivity (Wildman–Crippen MR) is 51.6 cm³/mol. The van der Waals surface area contributed by atoms with Crippen LogP contribution in [0.3, 0.4) is 0 Å². The lowest BCUT2D eigenvalue weighted by Crippen LogP contribution is -1.82. The van der Waals surface area contributed by atoms with E-state index >= 15 is 0 Å². The molecule has 0 atom stereocenters. The molecule has 0 aliphatic carbocycles. The molecule has 0 bridgehead atoms. The minimum atomic E-state index is -2.48. The van der Waals surface area contributed by atoms with Crippen molar-refractivity contribution in [3.05, 3.63) is 29.7 Å². The third-order valence-electron chi connectivity index (χ3n) is 1.82. The molecule has 0 unspecified atom stereocenters. The van der Waals surface area contributed by atoms with Gasteiger partial charge < -0.3 is 4.42 Å². The van der Waals surface area contributed by atoms with E-state index in [0.29, 0.717) is 22.3 Å². The van der Waals surface area contributed by atoms with Gasteiger partial charge in [-0.25, -0.2) is 13.8 Å². The first-order valence-corrected chi connectivity index (χ1v) is 5.06. The van der Waals surface area contributed by atoms with E-state index in [1.54, 1.807) is 0 Å². The van der Waals surface area contributed by atoms with Gasteiger partial charge >= 0.3 is 0 Å². The van der Waals surface area contributed by atoms with E-state index in [2.05, 4.69) is 20.9 Å². The van der Waals surface area contributed by atoms with Crippen molar-refractivity contribution in [1.29, 1.82) is 0 Å². The van der Waals surface area contributed by atoms with Crippen molar-refractivity contribution in [3.63, 3.8) is 0 Å². The smallest absolute Gasteiger partial charge is 0.263 e. The number of fused-ring (bicyclic) bond motifs is 1. The monoisotopic (exact) mass is 261 g/mol. The van der Waals surface area contributed by atoms with Crippen LogP contribution in [-0.4, -0.2) is 4.98 Å². The maximum absolute atomic E-state index is 12.3. The van der Waals surface area contributed by atoms with E-state index in [-0.39, 0.29) is 5.56 Å². The molecular weight excluding hydrogens is 256 g/mol. The maximum Gasteiger partial charge on any atom is 0.263 e. The van der Waals surface area contributed by atoms with Crippen molar-refractivity contribution in [2.45, 2.75) is 11.8 Å². The molecule has 2 aromatic rings. The second-order valence-electron chi connectivity index (χ2n) is 2.77. The fourth-order valence-electron chi connectivity index (χ4n) is 1.18. The Morgan fingerprint density at radius 2 is 2.21 bits per heavy atom. The van der Waals surface area contributed by atoms with Gasteiger partial charge in [-0.1, -0.05) is 22.0 Å². The van der Waals surface area contributed by atoms with Crippen molar-refractivity contribution in [1.82, 2.24) is 4.98 Å². The minimum Gasteiger partial charge on any atom is -0.440 e. The topological polar surface area (TPSA) is 26.0 Å². The van der Waals surface area contributed by atoms with Crippen molar-refractivity contribution in [2.75, 3.05) is 0 Å². The van der Waals surface area contributed by atoms with Crippen LogP contribution in [0.2, 0.25) is 0 Å². The predicted octanol–water partition coefficient (Wildman–Crippen LogP) is 3.66. The van der Waals surface area contributed by atoms with Gasteiger partial charge in [0.1, 0.15) is 5.52 Å².